The van der Waals surface area contributed by atoms with Crippen LogP contribution in [0.4, 0.5) is 0 Å². The van der Waals surface area contributed by atoms with E-state index in [9.17, 15) is 0 Å². The molecule has 14 heavy (non-hydrogen) atoms. The van der Waals surface area contributed by atoms with Crippen LogP contribution in [0.5, 0.6) is 0 Å². The Morgan fingerprint density at radius 1 is 1.21 bits per heavy atom. The second kappa shape index (κ2) is 7.61. The fourth-order valence-electron chi connectivity index (χ4n) is 1.12. The Morgan fingerprint density at radius 3 is 2.79 bits per heavy atom. The Bertz CT molecular complexity index is 265. The molecule has 1 rings (SSSR count). The molecule has 0 amide bonds. The van der Waals surface area contributed by atoms with Crippen LogP contribution in [0, 0.1) is 0 Å². The average molecular weight is 294 g/mol. The molecule has 0 radical (unpaired) electrons. The molecule has 1 aromatic rings. The SMILES string of the molecule is ClCCCCCSc1cccc(Br)c1. The van der Waals surface area contributed by atoms with E-state index in [1.807, 2.05) is 11.8 Å². The summed E-state index contributed by atoms with van der Waals surface area (Å²) in [4.78, 5) is 1.34. The fraction of sp³-hybridized carbons (Fsp3) is 0.455. The minimum atomic E-state index is 0.793. The van der Waals surface area contributed by atoms with Gasteiger partial charge in [-0.1, -0.05) is 28.4 Å². The van der Waals surface area contributed by atoms with Crippen molar-refractivity contribution in [3.63, 3.8) is 0 Å². The molecule has 0 atom stereocenters. The molecule has 0 aromatic heterocycles. The molecule has 0 aliphatic rings. The van der Waals surface area contributed by atoms with Crippen molar-refractivity contribution >= 4 is 39.3 Å². The largest absolute Gasteiger partial charge is 0.127 e. The first-order chi connectivity index (χ1) is 6.83. The van der Waals surface area contributed by atoms with Crippen LogP contribution in [-0.2, 0) is 0 Å². The van der Waals surface area contributed by atoms with E-state index in [4.69, 9.17) is 11.6 Å². The normalized spacial score (nSPS) is 10.4. The maximum atomic E-state index is 5.61. The summed E-state index contributed by atoms with van der Waals surface area (Å²) in [5.41, 5.74) is 0. The number of benzene rings is 1. The van der Waals surface area contributed by atoms with Crippen molar-refractivity contribution < 1.29 is 0 Å². The van der Waals surface area contributed by atoms with Gasteiger partial charge in [-0.15, -0.1) is 23.4 Å². The number of thioether (sulfide) groups is 1. The summed E-state index contributed by atoms with van der Waals surface area (Å²) in [6.07, 6.45) is 3.63. The average Bonchev–Trinajstić information content (AvgIpc) is 2.18. The van der Waals surface area contributed by atoms with Crippen LogP contribution in [0.25, 0.3) is 0 Å². The van der Waals surface area contributed by atoms with Gasteiger partial charge in [-0.05, 0) is 36.8 Å². The van der Waals surface area contributed by atoms with E-state index in [0.29, 0.717) is 0 Å². The molecule has 78 valence electrons. The van der Waals surface area contributed by atoms with E-state index >= 15 is 0 Å². The number of hydrogen-bond acceptors (Lipinski definition) is 1. The molecule has 0 saturated heterocycles. The number of hydrogen-bond donors (Lipinski definition) is 0. The van der Waals surface area contributed by atoms with E-state index in [1.165, 1.54) is 23.5 Å². The highest BCUT2D eigenvalue weighted by molar-refractivity contribution is 9.10. The summed E-state index contributed by atoms with van der Waals surface area (Å²) in [5.74, 6) is 1.98. The zero-order valence-electron chi connectivity index (χ0n) is 8.01. The summed E-state index contributed by atoms with van der Waals surface area (Å²) < 4.78 is 1.16. The first kappa shape index (κ1) is 12.4. The molecule has 0 spiro atoms. The van der Waals surface area contributed by atoms with Crippen LogP contribution in [0.2, 0.25) is 0 Å². The highest BCUT2D eigenvalue weighted by atomic mass is 79.9. The minimum absolute atomic E-state index is 0.793. The molecular weight excluding hydrogens is 280 g/mol. The zero-order valence-corrected chi connectivity index (χ0v) is 11.2. The van der Waals surface area contributed by atoms with Gasteiger partial charge < -0.3 is 0 Å². The molecule has 0 heterocycles. The van der Waals surface area contributed by atoms with Crippen molar-refractivity contribution in [2.45, 2.75) is 24.2 Å². The fourth-order valence-corrected chi connectivity index (χ4v) is 2.83. The van der Waals surface area contributed by atoms with Crippen LogP contribution >= 0.6 is 39.3 Å². The highest BCUT2D eigenvalue weighted by Gasteiger charge is 1.94. The summed E-state index contributed by atoms with van der Waals surface area (Å²) in [7, 11) is 0. The number of rotatable bonds is 6. The van der Waals surface area contributed by atoms with Gasteiger partial charge in [0, 0.05) is 15.2 Å². The molecule has 0 saturated carbocycles. The maximum Gasteiger partial charge on any atom is 0.0223 e. The van der Waals surface area contributed by atoms with Gasteiger partial charge in [-0.2, -0.15) is 0 Å². The van der Waals surface area contributed by atoms with Crippen molar-refractivity contribution in [1.82, 2.24) is 0 Å². The van der Waals surface area contributed by atoms with Gasteiger partial charge in [0.1, 0.15) is 0 Å². The van der Waals surface area contributed by atoms with Crippen LogP contribution in [-0.4, -0.2) is 11.6 Å². The van der Waals surface area contributed by atoms with Crippen LogP contribution in [0.15, 0.2) is 33.6 Å². The predicted molar refractivity (Wildman–Crippen MR) is 69.4 cm³/mol. The van der Waals surface area contributed by atoms with Gasteiger partial charge in [0.25, 0.3) is 0 Å². The molecule has 1 aromatic carbocycles. The highest BCUT2D eigenvalue weighted by Crippen LogP contribution is 2.22. The lowest BCUT2D eigenvalue weighted by Crippen LogP contribution is -1.82. The van der Waals surface area contributed by atoms with Crippen molar-refractivity contribution in [3.8, 4) is 0 Å². The van der Waals surface area contributed by atoms with Crippen molar-refractivity contribution in [2.24, 2.45) is 0 Å². The Labute approximate surface area is 104 Å². The second-order valence-corrected chi connectivity index (χ2v) is 5.52. The van der Waals surface area contributed by atoms with Gasteiger partial charge in [0.05, 0.1) is 0 Å². The van der Waals surface area contributed by atoms with Gasteiger partial charge >= 0.3 is 0 Å². The molecule has 0 fully saturated rings. The molecule has 3 heteroatoms. The second-order valence-electron chi connectivity index (χ2n) is 3.06. The maximum absolute atomic E-state index is 5.61. The van der Waals surface area contributed by atoms with Gasteiger partial charge in [-0.3, -0.25) is 0 Å². The molecule has 0 bridgehead atoms. The molecule has 0 N–H and O–H groups in total. The van der Waals surface area contributed by atoms with Crippen molar-refractivity contribution in [2.75, 3.05) is 11.6 Å². The quantitative estimate of drug-likeness (QED) is 0.406. The van der Waals surface area contributed by atoms with Crippen LogP contribution in [0.1, 0.15) is 19.3 Å². The molecule has 0 nitrogen and oxygen atoms in total. The molecule has 0 aliphatic heterocycles. The lowest BCUT2D eigenvalue weighted by atomic mass is 10.3. The van der Waals surface area contributed by atoms with E-state index in [0.717, 1.165) is 16.8 Å². The van der Waals surface area contributed by atoms with Gasteiger partial charge in [0.15, 0.2) is 0 Å². The van der Waals surface area contributed by atoms with E-state index < -0.39 is 0 Å². The third-order valence-corrected chi connectivity index (χ3v) is 3.68. The zero-order chi connectivity index (χ0) is 10.2. The first-order valence-corrected chi connectivity index (χ1v) is 7.08. The number of alkyl halides is 1. The van der Waals surface area contributed by atoms with Crippen LogP contribution in [0.3, 0.4) is 0 Å². The number of unbranched alkanes of at least 4 members (excludes halogenated alkanes) is 2. The van der Waals surface area contributed by atoms with E-state index in [1.54, 1.807) is 0 Å². The lowest BCUT2D eigenvalue weighted by Gasteiger charge is -2.01. The Morgan fingerprint density at radius 2 is 2.07 bits per heavy atom. The van der Waals surface area contributed by atoms with E-state index in [2.05, 4.69) is 40.2 Å². The third-order valence-electron chi connectivity index (χ3n) is 1.84. The predicted octanol–water partition coefficient (Wildman–Crippen LogP) is 4.95. The summed E-state index contributed by atoms with van der Waals surface area (Å²) in [6, 6.07) is 8.44. The Kier molecular flexibility index (Phi) is 6.74. The molecular formula is C11H14BrClS. The lowest BCUT2D eigenvalue weighted by molar-refractivity contribution is 0.783. The topological polar surface area (TPSA) is 0 Å². The number of halogens is 2. The summed E-state index contributed by atoms with van der Waals surface area (Å²) in [6.45, 7) is 0. The van der Waals surface area contributed by atoms with Crippen molar-refractivity contribution in [3.05, 3.63) is 28.7 Å². The van der Waals surface area contributed by atoms with Crippen molar-refractivity contribution in [1.29, 1.82) is 0 Å². The standard InChI is InChI=1S/C11H14BrClS/c12-10-5-4-6-11(9-10)14-8-3-1-2-7-13/h4-6,9H,1-3,7-8H2. The summed E-state index contributed by atoms with van der Waals surface area (Å²) in [5, 5.41) is 0. The van der Waals surface area contributed by atoms with Gasteiger partial charge in [0.2, 0.25) is 0 Å². The smallest absolute Gasteiger partial charge is 0.0223 e. The Balaban J connectivity index is 2.18. The first-order valence-electron chi connectivity index (χ1n) is 4.77. The molecule has 0 aliphatic carbocycles. The Hall–Kier alpha value is 0.340. The van der Waals surface area contributed by atoms with E-state index in [-0.39, 0.29) is 0 Å². The minimum Gasteiger partial charge on any atom is -0.127 e. The van der Waals surface area contributed by atoms with Crippen LogP contribution < -0.4 is 0 Å². The summed E-state index contributed by atoms with van der Waals surface area (Å²) >= 11 is 11.0. The monoisotopic (exact) mass is 292 g/mol. The molecule has 0 unspecified atom stereocenters. The van der Waals surface area contributed by atoms with Gasteiger partial charge in [-0.25, -0.2) is 0 Å². The third kappa shape index (κ3) is 5.28.